The third-order valence-corrected chi connectivity index (χ3v) is 2.62. The van der Waals surface area contributed by atoms with Crippen molar-refractivity contribution in [2.24, 2.45) is 0 Å². The Labute approximate surface area is 106 Å². The highest BCUT2D eigenvalue weighted by molar-refractivity contribution is 5.99. The largest absolute Gasteiger partial charge is 0.388 e. The normalized spacial score (nSPS) is 9.94. The number of nitrogens with one attached hydrogen (secondary N) is 1. The standard InChI is InChI=1S/C12H17N3O3/c1-4-7-14(3)12(16)10-8-9(13-2)5-6-11(10)15(17)18/h5-6,8,13H,4,7H2,1-3H3. The molecule has 0 radical (unpaired) electrons. The maximum absolute atomic E-state index is 12.1. The van der Waals surface area contributed by atoms with Crippen LogP contribution >= 0.6 is 0 Å². The minimum absolute atomic E-state index is 0.114. The Morgan fingerprint density at radius 3 is 2.67 bits per heavy atom. The lowest BCUT2D eigenvalue weighted by Gasteiger charge is -2.16. The molecule has 98 valence electrons. The lowest BCUT2D eigenvalue weighted by molar-refractivity contribution is -0.385. The third-order valence-electron chi connectivity index (χ3n) is 2.62. The summed E-state index contributed by atoms with van der Waals surface area (Å²) in [6, 6.07) is 4.43. The number of carbonyl (C=O) groups is 1. The summed E-state index contributed by atoms with van der Waals surface area (Å²) in [6.07, 6.45) is 0.807. The zero-order valence-electron chi connectivity index (χ0n) is 10.8. The van der Waals surface area contributed by atoms with E-state index in [9.17, 15) is 14.9 Å². The van der Waals surface area contributed by atoms with Gasteiger partial charge < -0.3 is 10.2 Å². The molecule has 0 aliphatic heterocycles. The Bertz CT molecular complexity index is 460. The number of hydrogen-bond acceptors (Lipinski definition) is 4. The first-order valence-electron chi connectivity index (χ1n) is 5.73. The average Bonchev–Trinajstić information content (AvgIpc) is 2.37. The van der Waals surface area contributed by atoms with Crippen LogP contribution in [-0.2, 0) is 0 Å². The Morgan fingerprint density at radius 1 is 1.50 bits per heavy atom. The zero-order valence-corrected chi connectivity index (χ0v) is 10.8. The molecule has 0 atom stereocenters. The Kier molecular flexibility index (Phi) is 4.65. The highest BCUT2D eigenvalue weighted by Gasteiger charge is 2.22. The van der Waals surface area contributed by atoms with Crippen LogP contribution in [-0.4, -0.2) is 36.4 Å². The number of rotatable bonds is 5. The molecule has 0 bridgehead atoms. The molecule has 1 N–H and O–H groups in total. The molecule has 1 aromatic carbocycles. The van der Waals surface area contributed by atoms with Gasteiger partial charge in [0.15, 0.2) is 0 Å². The van der Waals surface area contributed by atoms with E-state index < -0.39 is 4.92 Å². The summed E-state index contributed by atoms with van der Waals surface area (Å²) in [5.41, 5.74) is 0.624. The Morgan fingerprint density at radius 2 is 2.17 bits per heavy atom. The molecule has 1 rings (SSSR count). The van der Waals surface area contributed by atoms with Gasteiger partial charge in [0.1, 0.15) is 5.56 Å². The molecule has 1 aromatic rings. The van der Waals surface area contributed by atoms with Crippen LogP contribution in [0.5, 0.6) is 0 Å². The van der Waals surface area contributed by atoms with Gasteiger partial charge in [-0.2, -0.15) is 0 Å². The van der Waals surface area contributed by atoms with Gasteiger partial charge in [-0.05, 0) is 18.6 Å². The molecule has 0 saturated heterocycles. The quantitative estimate of drug-likeness (QED) is 0.642. The first kappa shape index (κ1) is 14.0. The summed E-state index contributed by atoms with van der Waals surface area (Å²) < 4.78 is 0. The molecule has 1 amide bonds. The third kappa shape index (κ3) is 2.97. The van der Waals surface area contributed by atoms with Crippen molar-refractivity contribution >= 4 is 17.3 Å². The summed E-state index contributed by atoms with van der Waals surface area (Å²) in [5, 5.41) is 13.8. The highest BCUT2D eigenvalue weighted by atomic mass is 16.6. The smallest absolute Gasteiger partial charge is 0.282 e. The second kappa shape index (κ2) is 6.00. The minimum Gasteiger partial charge on any atom is -0.388 e. The lowest BCUT2D eigenvalue weighted by Crippen LogP contribution is -2.28. The summed E-state index contributed by atoms with van der Waals surface area (Å²) >= 11 is 0. The molecule has 0 aliphatic carbocycles. The number of nitro benzene ring substituents is 1. The van der Waals surface area contributed by atoms with Crippen LogP contribution in [0.1, 0.15) is 23.7 Å². The van der Waals surface area contributed by atoms with Crippen LogP contribution in [0.25, 0.3) is 0 Å². The maximum atomic E-state index is 12.1. The van der Waals surface area contributed by atoms with E-state index in [1.54, 1.807) is 20.2 Å². The van der Waals surface area contributed by atoms with Crippen molar-refractivity contribution in [3.05, 3.63) is 33.9 Å². The van der Waals surface area contributed by atoms with E-state index >= 15 is 0 Å². The van der Waals surface area contributed by atoms with Gasteiger partial charge >= 0.3 is 0 Å². The van der Waals surface area contributed by atoms with Crippen LogP contribution in [0.2, 0.25) is 0 Å². The zero-order chi connectivity index (χ0) is 13.7. The number of benzene rings is 1. The fraction of sp³-hybridized carbons (Fsp3) is 0.417. The van der Waals surface area contributed by atoms with E-state index in [0.717, 1.165) is 6.42 Å². The number of nitro groups is 1. The molecule has 0 aliphatic rings. The predicted molar refractivity (Wildman–Crippen MR) is 69.9 cm³/mol. The number of nitrogens with zero attached hydrogens (tertiary/aromatic N) is 2. The SMILES string of the molecule is CCCN(C)C(=O)c1cc(NC)ccc1[N+](=O)[O-]. The second-order valence-electron chi connectivity index (χ2n) is 3.97. The van der Waals surface area contributed by atoms with Crippen molar-refractivity contribution < 1.29 is 9.72 Å². The van der Waals surface area contributed by atoms with Gasteiger partial charge in [0.05, 0.1) is 4.92 Å². The maximum Gasteiger partial charge on any atom is 0.282 e. The molecule has 0 fully saturated rings. The fourth-order valence-electron chi connectivity index (χ4n) is 1.66. The molecule has 0 saturated carbocycles. The first-order valence-corrected chi connectivity index (χ1v) is 5.73. The van der Waals surface area contributed by atoms with Crippen LogP contribution in [0.3, 0.4) is 0 Å². The van der Waals surface area contributed by atoms with Gasteiger partial charge in [0, 0.05) is 32.4 Å². The summed E-state index contributed by atoms with van der Waals surface area (Å²) in [5.74, 6) is -0.333. The van der Waals surface area contributed by atoms with Gasteiger partial charge in [0.25, 0.3) is 11.6 Å². The van der Waals surface area contributed by atoms with Crippen LogP contribution in [0.4, 0.5) is 11.4 Å². The molecule has 6 heteroatoms. The number of anilines is 1. The second-order valence-corrected chi connectivity index (χ2v) is 3.97. The summed E-state index contributed by atoms with van der Waals surface area (Å²) in [4.78, 5) is 24.0. The number of carbonyl (C=O) groups excluding carboxylic acids is 1. The van der Waals surface area contributed by atoms with E-state index in [2.05, 4.69) is 5.32 Å². The van der Waals surface area contributed by atoms with Gasteiger partial charge in [-0.3, -0.25) is 14.9 Å². The van der Waals surface area contributed by atoms with Crippen LogP contribution < -0.4 is 5.32 Å². The molecule has 0 aromatic heterocycles. The van der Waals surface area contributed by atoms with E-state index in [4.69, 9.17) is 0 Å². The van der Waals surface area contributed by atoms with Crippen LogP contribution in [0.15, 0.2) is 18.2 Å². The van der Waals surface area contributed by atoms with Crippen LogP contribution in [0, 0.1) is 10.1 Å². The van der Waals surface area contributed by atoms with Crippen molar-refractivity contribution in [2.45, 2.75) is 13.3 Å². The Hall–Kier alpha value is -2.11. The van der Waals surface area contributed by atoms with Crippen molar-refractivity contribution in [3.8, 4) is 0 Å². The van der Waals surface area contributed by atoms with E-state index in [1.807, 2.05) is 6.92 Å². The molecule has 0 spiro atoms. The van der Waals surface area contributed by atoms with Gasteiger partial charge in [0.2, 0.25) is 0 Å². The number of hydrogen-bond donors (Lipinski definition) is 1. The topological polar surface area (TPSA) is 75.5 Å². The minimum atomic E-state index is -0.535. The molecule has 6 nitrogen and oxygen atoms in total. The molecule has 18 heavy (non-hydrogen) atoms. The summed E-state index contributed by atoms with van der Waals surface area (Å²) in [7, 11) is 3.34. The average molecular weight is 251 g/mol. The van der Waals surface area contributed by atoms with Gasteiger partial charge in [-0.1, -0.05) is 6.92 Å². The molecular weight excluding hydrogens is 234 g/mol. The van der Waals surface area contributed by atoms with Gasteiger partial charge in [-0.25, -0.2) is 0 Å². The molecule has 0 unspecified atom stereocenters. The summed E-state index contributed by atoms with van der Waals surface area (Å²) in [6.45, 7) is 2.52. The fourth-order valence-corrected chi connectivity index (χ4v) is 1.66. The van der Waals surface area contributed by atoms with Crippen molar-refractivity contribution in [1.82, 2.24) is 4.90 Å². The first-order chi connectivity index (χ1) is 8.51. The Balaban J connectivity index is 3.18. The van der Waals surface area contributed by atoms with E-state index in [-0.39, 0.29) is 17.2 Å². The highest BCUT2D eigenvalue weighted by Crippen LogP contribution is 2.23. The van der Waals surface area contributed by atoms with Crippen molar-refractivity contribution in [2.75, 3.05) is 26.0 Å². The molecule has 0 heterocycles. The number of amides is 1. The lowest BCUT2D eigenvalue weighted by atomic mass is 10.1. The van der Waals surface area contributed by atoms with Crippen molar-refractivity contribution in [3.63, 3.8) is 0 Å². The van der Waals surface area contributed by atoms with E-state index in [1.165, 1.54) is 17.0 Å². The van der Waals surface area contributed by atoms with Gasteiger partial charge in [-0.15, -0.1) is 0 Å². The monoisotopic (exact) mass is 251 g/mol. The predicted octanol–water partition coefficient (Wildman–Crippen LogP) is 2.12. The van der Waals surface area contributed by atoms with Crippen molar-refractivity contribution in [1.29, 1.82) is 0 Å². The molecular formula is C12H17N3O3. The van der Waals surface area contributed by atoms with E-state index in [0.29, 0.717) is 12.2 Å².